The molecule has 0 aliphatic carbocycles. The van der Waals surface area contributed by atoms with E-state index in [9.17, 15) is 4.79 Å². The molecular formula is C12H14N2O2S. The zero-order chi connectivity index (χ0) is 12.3. The zero-order valence-electron chi connectivity index (χ0n) is 9.77. The first kappa shape index (κ1) is 11.9. The number of hydrogen-bond donors (Lipinski definition) is 1. The molecule has 0 radical (unpaired) electrons. The maximum atomic E-state index is 11.7. The van der Waals surface area contributed by atoms with Gasteiger partial charge in [0, 0.05) is 12.6 Å². The number of rotatable bonds is 4. The van der Waals surface area contributed by atoms with E-state index in [-0.39, 0.29) is 5.91 Å². The molecule has 0 bridgehead atoms. The highest BCUT2D eigenvalue weighted by Gasteiger charge is 2.13. The van der Waals surface area contributed by atoms with Crippen molar-refractivity contribution in [1.82, 2.24) is 10.5 Å². The molecule has 2 aromatic heterocycles. The maximum Gasteiger partial charge on any atom is 0.273 e. The van der Waals surface area contributed by atoms with Crippen LogP contribution < -0.4 is 5.32 Å². The van der Waals surface area contributed by atoms with E-state index in [1.54, 1.807) is 17.4 Å². The average molecular weight is 250 g/mol. The lowest BCUT2D eigenvalue weighted by molar-refractivity contribution is 0.0940. The van der Waals surface area contributed by atoms with Crippen molar-refractivity contribution in [1.29, 1.82) is 0 Å². The van der Waals surface area contributed by atoms with E-state index in [0.29, 0.717) is 23.9 Å². The van der Waals surface area contributed by atoms with E-state index in [4.69, 9.17) is 4.52 Å². The molecule has 0 aromatic carbocycles. The largest absolute Gasteiger partial charge is 0.355 e. The molecule has 0 aliphatic heterocycles. The molecule has 0 saturated heterocycles. The number of carbonyl (C=O) groups is 1. The lowest BCUT2D eigenvalue weighted by Gasteiger charge is -2.04. The highest BCUT2D eigenvalue weighted by atomic mass is 32.1. The van der Waals surface area contributed by atoms with Crippen molar-refractivity contribution in [2.24, 2.45) is 5.92 Å². The van der Waals surface area contributed by atoms with Gasteiger partial charge in [0.2, 0.25) is 0 Å². The van der Waals surface area contributed by atoms with E-state index < -0.39 is 0 Å². The van der Waals surface area contributed by atoms with Crippen LogP contribution in [0.25, 0.3) is 10.6 Å². The number of nitrogens with one attached hydrogen (secondary N) is 1. The van der Waals surface area contributed by atoms with Gasteiger partial charge in [-0.1, -0.05) is 25.1 Å². The van der Waals surface area contributed by atoms with Crippen molar-refractivity contribution in [3.05, 3.63) is 29.3 Å². The molecule has 2 aromatic rings. The van der Waals surface area contributed by atoms with Crippen molar-refractivity contribution in [3.63, 3.8) is 0 Å². The van der Waals surface area contributed by atoms with Gasteiger partial charge in [0.1, 0.15) is 0 Å². The van der Waals surface area contributed by atoms with Crippen LogP contribution in [0.15, 0.2) is 28.1 Å². The molecule has 0 saturated carbocycles. The SMILES string of the molecule is CC(C)CNC(=O)c1cc(-c2cccs2)on1. The summed E-state index contributed by atoms with van der Waals surface area (Å²) in [5.41, 5.74) is 0.328. The molecule has 0 aliphatic rings. The number of amides is 1. The van der Waals surface area contributed by atoms with Gasteiger partial charge >= 0.3 is 0 Å². The Morgan fingerprint density at radius 1 is 1.59 bits per heavy atom. The Labute approximate surface area is 104 Å². The van der Waals surface area contributed by atoms with Crippen LogP contribution in [0.2, 0.25) is 0 Å². The Morgan fingerprint density at radius 3 is 3.06 bits per heavy atom. The second-order valence-corrected chi connectivity index (χ2v) is 5.11. The summed E-state index contributed by atoms with van der Waals surface area (Å²) in [5.74, 6) is 0.863. The molecule has 2 rings (SSSR count). The monoisotopic (exact) mass is 250 g/mol. The predicted octanol–water partition coefficient (Wildman–Crippen LogP) is 2.79. The van der Waals surface area contributed by atoms with Gasteiger partial charge in [0.15, 0.2) is 11.5 Å². The summed E-state index contributed by atoms with van der Waals surface area (Å²) in [6.45, 7) is 4.72. The van der Waals surface area contributed by atoms with Crippen LogP contribution >= 0.6 is 11.3 Å². The van der Waals surface area contributed by atoms with E-state index >= 15 is 0 Å². The van der Waals surface area contributed by atoms with Crippen molar-refractivity contribution in [3.8, 4) is 10.6 Å². The van der Waals surface area contributed by atoms with Gasteiger partial charge in [0.05, 0.1) is 4.88 Å². The van der Waals surface area contributed by atoms with Crippen molar-refractivity contribution in [2.45, 2.75) is 13.8 Å². The first-order chi connectivity index (χ1) is 8.16. The summed E-state index contributed by atoms with van der Waals surface area (Å²) in [7, 11) is 0. The van der Waals surface area contributed by atoms with Gasteiger partial charge in [-0.15, -0.1) is 11.3 Å². The van der Waals surface area contributed by atoms with Gasteiger partial charge in [-0.05, 0) is 17.4 Å². The van der Waals surface area contributed by atoms with Crippen LogP contribution in [0.4, 0.5) is 0 Å². The zero-order valence-corrected chi connectivity index (χ0v) is 10.6. The fraction of sp³-hybridized carbons (Fsp3) is 0.333. The summed E-state index contributed by atoms with van der Waals surface area (Å²) in [5, 5.41) is 8.52. The summed E-state index contributed by atoms with van der Waals surface area (Å²) in [4.78, 5) is 12.7. The van der Waals surface area contributed by atoms with Crippen LogP contribution in [0.1, 0.15) is 24.3 Å². The number of nitrogens with zero attached hydrogens (tertiary/aromatic N) is 1. The van der Waals surface area contributed by atoms with Crippen molar-refractivity contribution >= 4 is 17.2 Å². The van der Waals surface area contributed by atoms with E-state index in [2.05, 4.69) is 10.5 Å². The quantitative estimate of drug-likeness (QED) is 0.907. The second kappa shape index (κ2) is 5.14. The highest BCUT2D eigenvalue weighted by Crippen LogP contribution is 2.24. The Morgan fingerprint density at radius 2 is 2.41 bits per heavy atom. The molecule has 0 atom stereocenters. The van der Waals surface area contributed by atoms with E-state index in [1.165, 1.54) is 0 Å². The van der Waals surface area contributed by atoms with Gasteiger partial charge in [-0.3, -0.25) is 4.79 Å². The van der Waals surface area contributed by atoms with Gasteiger partial charge < -0.3 is 9.84 Å². The minimum Gasteiger partial charge on any atom is -0.355 e. The molecule has 1 N–H and O–H groups in total. The topological polar surface area (TPSA) is 55.1 Å². The average Bonchev–Trinajstić information content (AvgIpc) is 2.94. The van der Waals surface area contributed by atoms with Gasteiger partial charge in [-0.25, -0.2) is 0 Å². The number of carbonyl (C=O) groups excluding carboxylic acids is 1. The van der Waals surface area contributed by atoms with Gasteiger partial charge in [0.25, 0.3) is 5.91 Å². The Kier molecular flexibility index (Phi) is 3.58. The Hall–Kier alpha value is -1.62. The Bertz CT molecular complexity index is 488. The first-order valence-electron chi connectivity index (χ1n) is 5.45. The summed E-state index contributed by atoms with van der Waals surface area (Å²) >= 11 is 1.55. The fourth-order valence-corrected chi connectivity index (χ4v) is 1.98. The van der Waals surface area contributed by atoms with E-state index in [1.807, 2.05) is 31.4 Å². The second-order valence-electron chi connectivity index (χ2n) is 4.16. The minimum absolute atomic E-state index is 0.190. The lowest BCUT2D eigenvalue weighted by atomic mass is 10.2. The van der Waals surface area contributed by atoms with Crippen LogP contribution in [0.3, 0.4) is 0 Å². The molecule has 2 heterocycles. The molecule has 0 spiro atoms. The molecule has 17 heavy (non-hydrogen) atoms. The lowest BCUT2D eigenvalue weighted by Crippen LogP contribution is -2.27. The molecular weight excluding hydrogens is 236 g/mol. The third kappa shape index (κ3) is 2.94. The van der Waals surface area contributed by atoms with Crippen LogP contribution in [0.5, 0.6) is 0 Å². The molecule has 0 fully saturated rings. The minimum atomic E-state index is -0.190. The number of aromatic nitrogens is 1. The number of thiophene rings is 1. The van der Waals surface area contributed by atoms with Gasteiger partial charge in [-0.2, -0.15) is 0 Å². The fourth-order valence-electron chi connectivity index (χ4n) is 1.30. The Balaban J connectivity index is 2.05. The third-order valence-corrected chi connectivity index (χ3v) is 3.06. The van der Waals surface area contributed by atoms with Crippen molar-refractivity contribution in [2.75, 3.05) is 6.54 Å². The molecule has 1 amide bonds. The predicted molar refractivity (Wildman–Crippen MR) is 67.0 cm³/mol. The smallest absolute Gasteiger partial charge is 0.273 e. The van der Waals surface area contributed by atoms with E-state index in [0.717, 1.165) is 4.88 Å². The summed E-state index contributed by atoms with van der Waals surface area (Å²) in [6.07, 6.45) is 0. The third-order valence-electron chi connectivity index (χ3n) is 2.18. The first-order valence-corrected chi connectivity index (χ1v) is 6.33. The normalized spacial score (nSPS) is 10.8. The standard InChI is InChI=1S/C12H14N2O2S/c1-8(2)7-13-12(15)9-6-10(16-14-9)11-4-3-5-17-11/h3-6,8H,7H2,1-2H3,(H,13,15). The summed E-state index contributed by atoms with van der Waals surface area (Å²) < 4.78 is 5.14. The van der Waals surface area contributed by atoms with Crippen LogP contribution in [-0.4, -0.2) is 17.6 Å². The highest BCUT2D eigenvalue weighted by molar-refractivity contribution is 7.13. The van der Waals surface area contributed by atoms with Crippen LogP contribution in [0, 0.1) is 5.92 Å². The maximum absolute atomic E-state index is 11.7. The molecule has 5 heteroatoms. The number of hydrogen-bond acceptors (Lipinski definition) is 4. The summed E-state index contributed by atoms with van der Waals surface area (Å²) in [6, 6.07) is 5.53. The van der Waals surface area contributed by atoms with Crippen molar-refractivity contribution < 1.29 is 9.32 Å². The van der Waals surface area contributed by atoms with Crippen LogP contribution in [-0.2, 0) is 0 Å². The molecule has 4 nitrogen and oxygen atoms in total. The molecule has 0 unspecified atom stereocenters. The molecule has 90 valence electrons.